The van der Waals surface area contributed by atoms with E-state index in [-0.39, 0.29) is 6.61 Å². The van der Waals surface area contributed by atoms with Crippen molar-refractivity contribution < 1.29 is 9.84 Å². The van der Waals surface area contributed by atoms with Crippen molar-refractivity contribution in [3.8, 4) is 5.75 Å². The molecule has 0 aliphatic heterocycles. The van der Waals surface area contributed by atoms with Crippen molar-refractivity contribution in [2.45, 2.75) is 24.6 Å². The first-order valence-electron chi connectivity index (χ1n) is 7.24. The van der Waals surface area contributed by atoms with Crippen molar-refractivity contribution >= 4 is 11.8 Å². The zero-order chi connectivity index (χ0) is 15.9. The summed E-state index contributed by atoms with van der Waals surface area (Å²) in [4.78, 5) is 3.43. The molecule has 0 heterocycles. The lowest BCUT2D eigenvalue weighted by atomic mass is 10.1. The molecule has 1 N–H and O–H groups in total. The monoisotopic (exact) mass is 317 g/mol. The van der Waals surface area contributed by atoms with E-state index in [9.17, 15) is 0 Å². The molecular weight excluding hydrogens is 294 g/mol. The van der Waals surface area contributed by atoms with Crippen LogP contribution in [0.5, 0.6) is 5.75 Å². The molecule has 0 bridgehead atoms. The van der Waals surface area contributed by atoms with Crippen LogP contribution in [0, 0.1) is 0 Å². The Morgan fingerprint density at radius 1 is 1.00 bits per heavy atom. The molecular formula is C18H23NO2S. The predicted octanol–water partition coefficient (Wildman–Crippen LogP) is 3.54. The second-order valence-electron chi connectivity index (χ2n) is 5.34. The van der Waals surface area contributed by atoms with E-state index in [0.717, 1.165) is 29.3 Å². The van der Waals surface area contributed by atoms with Gasteiger partial charge < -0.3 is 9.84 Å². The number of methoxy groups -OCH3 is 1. The third-order valence-electron chi connectivity index (χ3n) is 3.56. The summed E-state index contributed by atoms with van der Waals surface area (Å²) < 4.78 is 5.44. The number of hydrogen-bond donors (Lipinski definition) is 1. The van der Waals surface area contributed by atoms with Crippen LogP contribution < -0.4 is 4.74 Å². The second-order valence-corrected chi connectivity index (χ2v) is 6.18. The summed E-state index contributed by atoms with van der Waals surface area (Å²) in [5, 5.41) is 9.07. The Labute approximate surface area is 136 Å². The summed E-state index contributed by atoms with van der Waals surface area (Å²) in [6.45, 7) is 1.84. The molecule has 0 amide bonds. The fraction of sp³-hybridized carbons (Fsp3) is 0.333. The third-order valence-corrected chi connectivity index (χ3v) is 4.34. The molecule has 2 aromatic rings. The number of hydrogen-bond acceptors (Lipinski definition) is 4. The van der Waals surface area contributed by atoms with Gasteiger partial charge in [0.15, 0.2) is 0 Å². The molecule has 0 unspecified atom stereocenters. The molecule has 0 fully saturated rings. The van der Waals surface area contributed by atoms with Gasteiger partial charge in [-0.25, -0.2) is 0 Å². The summed E-state index contributed by atoms with van der Waals surface area (Å²) in [7, 11) is 3.82. The maximum absolute atomic E-state index is 9.07. The van der Waals surface area contributed by atoms with Crippen LogP contribution in [-0.2, 0) is 19.7 Å². The van der Waals surface area contributed by atoms with Crippen LogP contribution in [0.1, 0.15) is 16.7 Å². The van der Waals surface area contributed by atoms with Gasteiger partial charge in [0.1, 0.15) is 5.75 Å². The van der Waals surface area contributed by atoms with Crippen molar-refractivity contribution in [2.24, 2.45) is 0 Å². The molecule has 0 atom stereocenters. The highest BCUT2D eigenvalue weighted by molar-refractivity contribution is 7.98. The lowest BCUT2D eigenvalue weighted by Crippen LogP contribution is -2.17. The number of thioether (sulfide) groups is 1. The highest BCUT2D eigenvalue weighted by Crippen LogP contribution is 2.28. The maximum atomic E-state index is 9.07. The maximum Gasteiger partial charge on any atom is 0.132 e. The highest BCUT2D eigenvalue weighted by atomic mass is 32.2. The molecule has 2 aromatic carbocycles. The molecule has 0 aliphatic carbocycles. The van der Waals surface area contributed by atoms with E-state index in [1.54, 1.807) is 18.9 Å². The van der Waals surface area contributed by atoms with Gasteiger partial charge in [0.25, 0.3) is 0 Å². The van der Waals surface area contributed by atoms with Crippen molar-refractivity contribution in [3.05, 3.63) is 59.2 Å². The molecule has 0 saturated carbocycles. The smallest absolute Gasteiger partial charge is 0.132 e. The van der Waals surface area contributed by atoms with Gasteiger partial charge >= 0.3 is 0 Å². The molecule has 22 heavy (non-hydrogen) atoms. The summed E-state index contributed by atoms with van der Waals surface area (Å²) in [5.41, 5.74) is 3.43. The number of nitrogens with zero attached hydrogens (tertiary/aromatic N) is 1. The van der Waals surface area contributed by atoms with E-state index in [4.69, 9.17) is 9.84 Å². The van der Waals surface area contributed by atoms with E-state index < -0.39 is 0 Å². The topological polar surface area (TPSA) is 32.7 Å². The number of aliphatic hydroxyl groups is 1. The third kappa shape index (κ3) is 4.50. The fourth-order valence-corrected chi connectivity index (χ4v) is 2.96. The molecule has 118 valence electrons. The Bertz CT molecular complexity index is 599. The largest absolute Gasteiger partial charge is 0.496 e. The van der Waals surface area contributed by atoms with Gasteiger partial charge in [0.05, 0.1) is 13.7 Å². The molecule has 0 aromatic heterocycles. The molecule has 4 heteroatoms. The minimum Gasteiger partial charge on any atom is -0.496 e. The Morgan fingerprint density at radius 3 is 2.18 bits per heavy atom. The van der Waals surface area contributed by atoms with E-state index in [2.05, 4.69) is 48.5 Å². The van der Waals surface area contributed by atoms with Gasteiger partial charge in [-0.2, -0.15) is 0 Å². The number of ether oxygens (including phenoxy) is 1. The first-order valence-corrected chi connectivity index (χ1v) is 8.47. The van der Waals surface area contributed by atoms with Gasteiger partial charge in [-0.15, -0.1) is 11.8 Å². The number of benzene rings is 2. The fourth-order valence-electron chi connectivity index (χ4n) is 2.41. The van der Waals surface area contributed by atoms with E-state index in [1.165, 1.54) is 11.1 Å². The first kappa shape index (κ1) is 16.9. The Kier molecular flexibility index (Phi) is 6.31. The molecule has 2 rings (SSSR count). The van der Waals surface area contributed by atoms with Gasteiger partial charge in [-0.3, -0.25) is 4.90 Å². The summed E-state index contributed by atoms with van der Waals surface area (Å²) in [6, 6.07) is 14.5. The lowest BCUT2D eigenvalue weighted by molar-refractivity contribution is 0.281. The van der Waals surface area contributed by atoms with Crippen molar-refractivity contribution in [1.29, 1.82) is 0 Å². The zero-order valence-corrected chi connectivity index (χ0v) is 14.2. The molecule has 0 aliphatic rings. The zero-order valence-electron chi connectivity index (χ0n) is 13.4. The van der Waals surface area contributed by atoms with Crippen molar-refractivity contribution in [1.82, 2.24) is 4.90 Å². The average Bonchev–Trinajstić information content (AvgIpc) is 2.55. The molecule has 0 saturated heterocycles. The highest BCUT2D eigenvalue weighted by Gasteiger charge is 2.06. The number of aliphatic hydroxyl groups excluding tert-OH is 1. The molecule has 0 radical (unpaired) electrons. The van der Waals surface area contributed by atoms with E-state index >= 15 is 0 Å². The average molecular weight is 317 g/mol. The quantitative estimate of drug-likeness (QED) is 0.792. The van der Waals surface area contributed by atoms with Gasteiger partial charge in [0, 0.05) is 18.0 Å². The summed E-state index contributed by atoms with van der Waals surface area (Å²) >= 11 is 1.69. The van der Waals surface area contributed by atoms with Crippen LogP contribution in [-0.4, -0.2) is 30.4 Å². The Balaban J connectivity index is 2.00. The van der Waals surface area contributed by atoms with Crippen LogP contribution in [0.4, 0.5) is 0 Å². The van der Waals surface area contributed by atoms with Gasteiger partial charge in [-0.05, 0) is 42.1 Å². The van der Waals surface area contributed by atoms with Crippen molar-refractivity contribution in [3.63, 3.8) is 0 Å². The molecule has 3 nitrogen and oxygen atoms in total. The van der Waals surface area contributed by atoms with E-state index in [0.29, 0.717) is 0 Å². The van der Waals surface area contributed by atoms with Crippen LogP contribution in [0.25, 0.3) is 0 Å². The lowest BCUT2D eigenvalue weighted by Gasteiger charge is -2.18. The second kappa shape index (κ2) is 8.22. The Hall–Kier alpha value is -1.49. The normalized spacial score (nSPS) is 11.0. The van der Waals surface area contributed by atoms with Crippen LogP contribution in [0.2, 0.25) is 0 Å². The minimum absolute atomic E-state index is 0.0949. The minimum atomic E-state index is 0.0949. The van der Waals surface area contributed by atoms with Crippen LogP contribution in [0.3, 0.4) is 0 Å². The van der Waals surface area contributed by atoms with Crippen molar-refractivity contribution in [2.75, 3.05) is 20.4 Å². The first-order chi connectivity index (χ1) is 10.7. The molecule has 0 spiro atoms. The SMILES string of the molecule is COc1cc(CN(C)Cc2ccc(CO)cc2)ccc1SC. The summed E-state index contributed by atoms with van der Waals surface area (Å²) in [6.07, 6.45) is 2.06. The van der Waals surface area contributed by atoms with Crippen LogP contribution >= 0.6 is 11.8 Å². The van der Waals surface area contributed by atoms with Crippen LogP contribution in [0.15, 0.2) is 47.4 Å². The standard InChI is InChI=1S/C18H23NO2S/c1-19(11-14-4-6-15(13-20)7-5-14)12-16-8-9-18(22-3)17(10-16)21-2/h4-10,20H,11-13H2,1-3H3. The van der Waals surface area contributed by atoms with Gasteiger partial charge in [-0.1, -0.05) is 30.3 Å². The predicted molar refractivity (Wildman–Crippen MR) is 92.3 cm³/mol. The van der Waals surface area contributed by atoms with E-state index in [1.807, 2.05) is 12.1 Å². The van der Waals surface area contributed by atoms with Gasteiger partial charge in [0.2, 0.25) is 0 Å². The summed E-state index contributed by atoms with van der Waals surface area (Å²) in [5.74, 6) is 0.936. The Morgan fingerprint density at radius 2 is 1.59 bits per heavy atom. The number of rotatable bonds is 7.